The van der Waals surface area contributed by atoms with Crippen LogP contribution in [0.2, 0.25) is 0 Å². The highest BCUT2D eigenvalue weighted by atomic mass is 16.5. The number of morpholine rings is 1. The molecule has 42 heavy (non-hydrogen) atoms. The van der Waals surface area contributed by atoms with Gasteiger partial charge in [0.15, 0.2) is 6.67 Å². The van der Waals surface area contributed by atoms with E-state index in [-0.39, 0.29) is 30.5 Å². The molecule has 1 fully saturated rings. The van der Waals surface area contributed by atoms with Crippen molar-refractivity contribution in [3.63, 3.8) is 0 Å². The molecule has 12 heteroatoms. The number of amidine groups is 1. The minimum atomic E-state index is -0.352. The molecule has 3 aliphatic rings. The van der Waals surface area contributed by atoms with Gasteiger partial charge in [-0.2, -0.15) is 4.99 Å². The van der Waals surface area contributed by atoms with Gasteiger partial charge in [-0.15, -0.1) is 0 Å². The molecule has 1 unspecified atom stereocenters. The number of aliphatic imine (C=N–C) groups is 1. The molecular weight excluding hydrogens is 536 g/mol. The van der Waals surface area contributed by atoms with Gasteiger partial charge >= 0.3 is 6.03 Å². The SMILES string of the molecule is CC[C@H](C)[C@@H](CO)NC(=O)Nc1cccc(N2C=C(Nc3ccc(C(=O)N4CCOCC4)cn3)C3=NC=C[NH+]3C2)c1C. The quantitative estimate of drug-likeness (QED) is 0.308. The number of aliphatic hydroxyl groups is 1. The number of fused-ring (bicyclic) bond motifs is 1. The maximum absolute atomic E-state index is 12.8. The van der Waals surface area contributed by atoms with Crippen LogP contribution in [0.15, 0.2) is 65.8 Å². The second kappa shape index (κ2) is 13.1. The van der Waals surface area contributed by atoms with Crippen molar-refractivity contribution in [1.82, 2.24) is 15.2 Å². The molecule has 12 nitrogen and oxygen atoms in total. The van der Waals surface area contributed by atoms with E-state index in [9.17, 15) is 14.7 Å². The molecule has 0 radical (unpaired) electrons. The number of carbonyl (C=O) groups is 2. The number of hydrogen-bond donors (Lipinski definition) is 5. The minimum Gasteiger partial charge on any atom is -0.394 e. The summed E-state index contributed by atoms with van der Waals surface area (Å²) >= 11 is 0. The molecule has 0 spiro atoms. The lowest BCUT2D eigenvalue weighted by molar-refractivity contribution is -0.743. The van der Waals surface area contributed by atoms with Crippen molar-refractivity contribution in [3.8, 4) is 0 Å². The van der Waals surface area contributed by atoms with Gasteiger partial charge in [-0.3, -0.25) is 9.69 Å². The van der Waals surface area contributed by atoms with Crippen LogP contribution in [0, 0.1) is 12.8 Å². The number of anilines is 3. The van der Waals surface area contributed by atoms with Crippen molar-refractivity contribution < 1.29 is 24.3 Å². The van der Waals surface area contributed by atoms with Crippen LogP contribution in [-0.4, -0.2) is 78.4 Å². The number of ether oxygens (including phenoxy) is 1. The van der Waals surface area contributed by atoms with E-state index in [1.807, 2.05) is 51.4 Å². The third-order valence-electron chi connectivity index (χ3n) is 7.94. The summed E-state index contributed by atoms with van der Waals surface area (Å²) < 4.78 is 5.35. The first-order valence-corrected chi connectivity index (χ1v) is 14.4. The third kappa shape index (κ3) is 6.46. The lowest BCUT2D eigenvalue weighted by Gasteiger charge is -2.31. The van der Waals surface area contributed by atoms with Crippen molar-refractivity contribution in [2.24, 2.45) is 10.9 Å². The van der Waals surface area contributed by atoms with E-state index >= 15 is 0 Å². The number of aromatic nitrogens is 1. The van der Waals surface area contributed by atoms with E-state index in [1.165, 1.54) is 0 Å². The van der Waals surface area contributed by atoms with Crippen LogP contribution in [-0.2, 0) is 4.74 Å². The molecule has 1 saturated heterocycles. The molecule has 3 atom stereocenters. The number of urea groups is 1. The summed E-state index contributed by atoms with van der Waals surface area (Å²) in [6.45, 7) is 8.74. The molecule has 0 saturated carbocycles. The van der Waals surface area contributed by atoms with E-state index < -0.39 is 0 Å². The van der Waals surface area contributed by atoms with Gasteiger partial charge in [0, 0.05) is 31.2 Å². The Morgan fingerprint density at radius 3 is 2.71 bits per heavy atom. The van der Waals surface area contributed by atoms with Gasteiger partial charge in [0.25, 0.3) is 11.7 Å². The topological polar surface area (TPSA) is 136 Å². The summed E-state index contributed by atoms with van der Waals surface area (Å²) in [5.41, 5.74) is 3.82. The molecule has 4 heterocycles. The van der Waals surface area contributed by atoms with Crippen molar-refractivity contribution in [2.45, 2.75) is 33.2 Å². The Bertz CT molecular complexity index is 1380. The van der Waals surface area contributed by atoms with Crippen molar-refractivity contribution in [2.75, 3.05) is 55.1 Å². The summed E-state index contributed by atoms with van der Waals surface area (Å²) in [5.74, 6) is 1.54. The Morgan fingerprint density at radius 1 is 1.19 bits per heavy atom. The van der Waals surface area contributed by atoms with Crippen LogP contribution in [0.5, 0.6) is 0 Å². The van der Waals surface area contributed by atoms with Crippen LogP contribution in [0.25, 0.3) is 0 Å². The maximum atomic E-state index is 12.8. The zero-order chi connectivity index (χ0) is 29.6. The molecule has 3 aliphatic heterocycles. The van der Waals surface area contributed by atoms with E-state index in [4.69, 9.17) is 4.74 Å². The van der Waals surface area contributed by atoms with E-state index in [0.29, 0.717) is 50.0 Å². The number of pyridine rings is 1. The lowest BCUT2D eigenvalue weighted by Crippen LogP contribution is -3.12. The Kier molecular flexibility index (Phi) is 9.15. The monoisotopic (exact) mass is 575 g/mol. The number of rotatable bonds is 9. The summed E-state index contributed by atoms with van der Waals surface area (Å²) in [7, 11) is 0. The number of hydrogen-bond acceptors (Lipinski definition) is 8. The Morgan fingerprint density at radius 2 is 2.00 bits per heavy atom. The molecule has 222 valence electrons. The molecule has 0 bridgehead atoms. The highest BCUT2D eigenvalue weighted by Crippen LogP contribution is 2.28. The zero-order valence-corrected chi connectivity index (χ0v) is 24.3. The molecular formula is C30H39N8O4+. The Labute approximate surface area is 245 Å². The highest BCUT2D eigenvalue weighted by molar-refractivity contribution is 5.98. The number of aliphatic hydroxyl groups excluding tert-OH is 1. The van der Waals surface area contributed by atoms with Gasteiger partial charge in [0.2, 0.25) is 0 Å². The number of quaternary nitrogens is 1. The first kappa shape index (κ1) is 29.2. The van der Waals surface area contributed by atoms with Crippen molar-refractivity contribution in [3.05, 3.63) is 72.0 Å². The number of nitrogens with one attached hydrogen (secondary N) is 4. The number of amides is 3. The molecule has 1 aromatic carbocycles. The molecule has 2 aromatic rings. The first-order chi connectivity index (χ1) is 20.4. The lowest BCUT2D eigenvalue weighted by atomic mass is 10.0. The van der Waals surface area contributed by atoms with Crippen LogP contribution in [0.4, 0.5) is 22.0 Å². The molecule has 3 amide bonds. The predicted molar refractivity (Wildman–Crippen MR) is 161 cm³/mol. The third-order valence-corrected chi connectivity index (χ3v) is 7.94. The van der Waals surface area contributed by atoms with Crippen LogP contribution in [0.1, 0.15) is 36.2 Å². The predicted octanol–water partition coefficient (Wildman–Crippen LogP) is 1.89. The highest BCUT2D eigenvalue weighted by Gasteiger charge is 2.32. The normalized spacial score (nSPS) is 19.4. The van der Waals surface area contributed by atoms with Crippen LogP contribution in [0.3, 0.4) is 0 Å². The fourth-order valence-electron chi connectivity index (χ4n) is 5.16. The summed E-state index contributed by atoms with van der Waals surface area (Å²) in [5, 5.41) is 18.9. The van der Waals surface area contributed by atoms with Gasteiger partial charge < -0.3 is 30.7 Å². The molecule has 5 N–H and O–H groups in total. The summed E-state index contributed by atoms with van der Waals surface area (Å²) in [6.07, 6.45) is 8.20. The van der Waals surface area contributed by atoms with Gasteiger partial charge in [-0.1, -0.05) is 26.3 Å². The average Bonchev–Trinajstić information content (AvgIpc) is 3.50. The average molecular weight is 576 g/mol. The number of benzene rings is 1. The number of nitrogens with zero attached hydrogens (tertiary/aromatic N) is 4. The van der Waals surface area contributed by atoms with E-state index in [0.717, 1.165) is 34.1 Å². The first-order valence-electron chi connectivity index (χ1n) is 14.4. The maximum Gasteiger partial charge on any atom is 0.319 e. The van der Waals surface area contributed by atoms with Crippen molar-refractivity contribution in [1.29, 1.82) is 0 Å². The minimum absolute atomic E-state index is 0.0511. The smallest absolute Gasteiger partial charge is 0.319 e. The summed E-state index contributed by atoms with van der Waals surface area (Å²) in [4.78, 5) is 39.6. The van der Waals surface area contributed by atoms with Gasteiger partial charge in [0.05, 0.1) is 43.3 Å². The fraction of sp³-hybridized carbons (Fsp3) is 0.400. The number of carbonyl (C=O) groups excluding carboxylic acids is 2. The summed E-state index contributed by atoms with van der Waals surface area (Å²) in [6, 6.07) is 8.68. The Balaban J connectivity index is 1.32. The zero-order valence-electron chi connectivity index (χ0n) is 24.3. The standard InChI is InChI=1S/C30H38N8O4/c1-4-20(2)25(18-39)35-30(41)34-23-6-5-7-26(21(23)3)38-17-24(28-31-10-11-37(28)19-38)33-27-9-8-22(16-32-27)29(40)36-12-14-42-15-13-36/h5-11,16-17,20,25,39H,4,12-15,18-19H2,1-3H3,(H,32,33)(H2,34,35,41)/p+1/t20-,25+/m0/s1. The van der Waals surface area contributed by atoms with E-state index in [1.54, 1.807) is 29.4 Å². The van der Waals surface area contributed by atoms with E-state index in [2.05, 4.69) is 30.8 Å². The van der Waals surface area contributed by atoms with Crippen LogP contribution < -0.4 is 25.8 Å². The second-order valence-corrected chi connectivity index (χ2v) is 10.7. The fourth-order valence-corrected chi connectivity index (χ4v) is 5.16. The van der Waals surface area contributed by atoms with Crippen molar-refractivity contribution >= 4 is 35.0 Å². The Hall–Kier alpha value is -4.26. The van der Waals surface area contributed by atoms with Gasteiger partial charge in [-0.25, -0.2) is 14.7 Å². The molecule has 1 aromatic heterocycles. The molecule has 5 rings (SSSR count). The molecule has 0 aliphatic carbocycles. The van der Waals surface area contributed by atoms with Crippen LogP contribution >= 0.6 is 0 Å². The largest absolute Gasteiger partial charge is 0.394 e. The van der Waals surface area contributed by atoms with Gasteiger partial charge in [-0.05, 0) is 42.7 Å². The van der Waals surface area contributed by atoms with Gasteiger partial charge in [0.1, 0.15) is 17.7 Å². The second-order valence-electron chi connectivity index (χ2n) is 10.7.